The third kappa shape index (κ3) is 1.94. The minimum atomic E-state index is 0.188. The summed E-state index contributed by atoms with van der Waals surface area (Å²) in [6.45, 7) is 6.15. The quantitative estimate of drug-likeness (QED) is 0.838. The molecule has 0 aliphatic rings. The molecular weight excluding hydrogens is 200 g/mol. The van der Waals surface area contributed by atoms with Gasteiger partial charge >= 0.3 is 0 Å². The van der Waals surface area contributed by atoms with E-state index in [4.69, 9.17) is 0 Å². The largest absolute Gasteiger partial charge is 0.493 e. The molecule has 1 aromatic carbocycles. The predicted molar refractivity (Wildman–Crippen MR) is 64.1 cm³/mol. The lowest BCUT2D eigenvalue weighted by Gasteiger charge is -2.03. The molecule has 1 N–H and O–H groups in total. The van der Waals surface area contributed by atoms with Crippen molar-refractivity contribution >= 4 is 0 Å². The first-order valence-electron chi connectivity index (χ1n) is 5.44. The van der Waals surface area contributed by atoms with E-state index in [0.29, 0.717) is 5.92 Å². The van der Waals surface area contributed by atoms with Gasteiger partial charge in [0.15, 0.2) is 0 Å². The van der Waals surface area contributed by atoms with Crippen LogP contribution in [0, 0.1) is 6.92 Å². The Morgan fingerprint density at radius 1 is 1.19 bits per heavy atom. The van der Waals surface area contributed by atoms with E-state index >= 15 is 0 Å². The summed E-state index contributed by atoms with van der Waals surface area (Å²) in [6, 6.07) is 9.62. The highest BCUT2D eigenvalue weighted by molar-refractivity contribution is 5.37. The van der Waals surface area contributed by atoms with Crippen molar-refractivity contribution in [3.63, 3.8) is 0 Å². The first kappa shape index (κ1) is 10.7. The van der Waals surface area contributed by atoms with E-state index in [2.05, 4.69) is 18.9 Å². The number of benzene rings is 1. The van der Waals surface area contributed by atoms with E-state index in [0.717, 1.165) is 11.4 Å². The van der Waals surface area contributed by atoms with Crippen LogP contribution in [0.4, 0.5) is 0 Å². The Hall–Kier alpha value is -1.77. The Labute approximate surface area is 95.3 Å². The molecule has 3 heteroatoms. The lowest BCUT2D eigenvalue weighted by Crippen LogP contribution is -1.97. The molecule has 0 radical (unpaired) electrons. The lowest BCUT2D eigenvalue weighted by atomic mass is 10.1. The van der Waals surface area contributed by atoms with E-state index in [1.807, 2.05) is 31.2 Å². The van der Waals surface area contributed by atoms with Crippen LogP contribution in [0.2, 0.25) is 0 Å². The normalized spacial score (nSPS) is 11.0. The second-order valence-electron chi connectivity index (χ2n) is 4.33. The average molecular weight is 216 g/mol. The maximum atomic E-state index is 9.80. The van der Waals surface area contributed by atoms with Crippen LogP contribution in [0.1, 0.15) is 31.0 Å². The highest BCUT2D eigenvalue weighted by Gasteiger charge is 2.10. The van der Waals surface area contributed by atoms with Crippen molar-refractivity contribution < 1.29 is 5.11 Å². The molecular formula is C13H16N2O. The summed E-state index contributed by atoms with van der Waals surface area (Å²) in [5.41, 5.74) is 2.98. The van der Waals surface area contributed by atoms with Gasteiger partial charge in [-0.2, -0.15) is 5.10 Å². The van der Waals surface area contributed by atoms with Crippen LogP contribution in [0.3, 0.4) is 0 Å². The molecule has 1 heterocycles. The van der Waals surface area contributed by atoms with Gasteiger partial charge in [-0.3, -0.25) is 0 Å². The molecule has 0 spiro atoms. The molecule has 2 aromatic rings. The molecule has 0 amide bonds. The third-order valence-electron chi connectivity index (χ3n) is 2.58. The molecule has 3 nitrogen and oxygen atoms in total. The molecule has 0 fully saturated rings. The van der Waals surface area contributed by atoms with Gasteiger partial charge in [-0.25, -0.2) is 4.68 Å². The Morgan fingerprint density at radius 3 is 2.31 bits per heavy atom. The molecule has 16 heavy (non-hydrogen) atoms. The van der Waals surface area contributed by atoms with Gasteiger partial charge in [0.05, 0.1) is 11.4 Å². The molecule has 0 aliphatic heterocycles. The van der Waals surface area contributed by atoms with Crippen molar-refractivity contribution in [1.29, 1.82) is 0 Å². The van der Waals surface area contributed by atoms with Gasteiger partial charge in [-0.1, -0.05) is 31.5 Å². The Morgan fingerprint density at radius 2 is 1.81 bits per heavy atom. The molecule has 0 unspecified atom stereocenters. The van der Waals surface area contributed by atoms with E-state index in [-0.39, 0.29) is 5.88 Å². The fraction of sp³-hybridized carbons (Fsp3) is 0.308. The summed E-state index contributed by atoms with van der Waals surface area (Å²) in [6.07, 6.45) is 0. The van der Waals surface area contributed by atoms with Crippen molar-refractivity contribution in [2.24, 2.45) is 0 Å². The van der Waals surface area contributed by atoms with Crippen molar-refractivity contribution in [3.8, 4) is 11.6 Å². The zero-order chi connectivity index (χ0) is 11.7. The second-order valence-corrected chi connectivity index (χ2v) is 4.33. The maximum absolute atomic E-state index is 9.80. The van der Waals surface area contributed by atoms with Crippen LogP contribution in [0.5, 0.6) is 5.88 Å². The molecule has 0 aliphatic carbocycles. The number of hydrogen-bond acceptors (Lipinski definition) is 2. The van der Waals surface area contributed by atoms with E-state index < -0.39 is 0 Å². The zero-order valence-electron chi connectivity index (χ0n) is 9.81. The first-order chi connectivity index (χ1) is 7.58. The average Bonchev–Trinajstić information content (AvgIpc) is 2.62. The van der Waals surface area contributed by atoms with Gasteiger partial charge in [-0.05, 0) is 25.0 Å². The first-order valence-corrected chi connectivity index (χ1v) is 5.44. The second kappa shape index (κ2) is 4.00. The number of aromatic nitrogens is 2. The van der Waals surface area contributed by atoms with Gasteiger partial charge in [0.2, 0.25) is 5.88 Å². The van der Waals surface area contributed by atoms with Crippen molar-refractivity contribution in [2.75, 3.05) is 0 Å². The van der Waals surface area contributed by atoms with Gasteiger partial charge < -0.3 is 5.11 Å². The number of hydrogen-bond donors (Lipinski definition) is 1. The molecule has 0 atom stereocenters. The van der Waals surface area contributed by atoms with Crippen LogP contribution in [-0.2, 0) is 0 Å². The summed E-state index contributed by atoms with van der Waals surface area (Å²) in [4.78, 5) is 0. The number of rotatable bonds is 2. The summed E-state index contributed by atoms with van der Waals surface area (Å²) in [5, 5.41) is 14.2. The van der Waals surface area contributed by atoms with Gasteiger partial charge in [0, 0.05) is 6.07 Å². The zero-order valence-corrected chi connectivity index (χ0v) is 9.81. The van der Waals surface area contributed by atoms with Gasteiger partial charge in [-0.15, -0.1) is 0 Å². The Bertz CT molecular complexity index is 483. The number of aromatic hydroxyl groups is 1. The highest BCUT2D eigenvalue weighted by atomic mass is 16.3. The summed E-state index contributed by atoms with van der Waals surface area (Å²) < 4.78 is 1.56. The Balaban J connectivity index is 2.44. The highest BCUT2D eigenvalue weighted by Crippen LogP contribution is 2.22. The third-order valence-corrected chi connectivity index (χ3v) is 2.58. The standard InChI is InChI=1S/C13H16N2O/c1-9(2)12-8-13(16)15(14-12)11-6-4-10(3)5-7-11/h4-9,16H,1-3H3. The van der Waals surface area contributed by atoms with Crippen LogP contribution < -0.4 is 0 Å². The fourth-order valence-corrected chi connectivity index (χ4v) is 1.55. The van der Waals surface area contributed by atoms with Crippen LogP contribution in [-0.4, -0.2) is 14.9 Å². The van der Waals surface area contributed by atoms with Gasteiger partial charge in [0.25, 0.3) is 0 Å². The topological polar surface area (TPSA) is 38.0 Å². The fourth-order valence-electron chi connectivity index (χ4n) is 1.55. The smallest absolute Gasteiger partial charge is 0.214 e. The minimum Gasteiger partial charge on any atom is -0.493 e. The molecule has 0 bridgehead atoms. The van der Waals surface area contributed by atoms with E-state index in [1.54, 1.807) is 10.7 Å². The van der Waals surface area contributed by atoms with E-state index in [9.17, 15) is 5.11 Å². The molecule has 0 saturated heterocycles. The van der Waals surface area contributed by atoms with Gasteiger partial charge in [0.1, 0.15) is 0 Å². The molecule has 0 saturated carbocycles. The summed E-state index contributed by atoms with van der Waals surface area (Å²) >= 11 is 0. The van der Waals surface area contributed by atoms with E-state index in [1.165, 1.54) is 5.56 Å². The van der Waals surface area contributed by atoms with Crippen LogP contribution >= 0.6 is 0 Å². The SMILES string of the molecule is Cc1ccc(-n2nc(C(C)C)cc2O)cc1. The van der Waals surface area contributed by atoms with Crippen molar-refractivity contribution in [2.45, 2.75) is 26.7 Å². The van der Waals surface area contributed by atoms with Crippen molar-refractivity contribution in [3.05, 3.63) is 41.6 Å². The lowest BCUT2D eigenvalue weighted by molar-refractivity contribution is 0.433. The molecule has 84 valence electrons. The molecule has 1 aromatic heterocycles. The number of aryl methyl sites for hydroxylation is 1. The summed E-state index contributed by atoms with van der Waals surface area (Å²) in [5.74, 6) is 0.505. The van der Waals surface area contributed by atoms with Crippen molar-refractivity contribution in [1.82, 2.24) is 9.78 Å². The maximum Gasteiger partial charge on any atom is 0.214 e. The predicted octanol–water partition coefficient (Wildman–Crippen LogP) is 3.01. The van der Waals surface area contributed by atoms with Crippen LogP contribution in [0.15, 0.2) is 30.3 Å². The minimum absolute atomic E-state index is 0.188. The molecule has 2 rings (SSSR count). The van der Waals surface area contributed by atoms with Crippen LogP contribution in [0.25, 0.3) is 5.69 Å². The Kier molecular flexibility index (Phi) is 2.69. The number of nitrogens with zero attached hydrogens (tertiary/aromatic N) is 2. The summed E-state index contributed by atoms with van der Waals surface area (Å²) in [7, 11) is 0. The monoisotopic (exact) mass is 216 g/mol.